The van der Waals surface area contributed by atoms with E-state index in [1.807, 2.05) is 0 Å². The largest absolute Gasteiger partial charge is 0.433 e. The second-order valence-corrected chi connectivity index (χ2v) is 5.92. The molecule has 0 radical (unpaired) electrons. The van der Waals surface area contributed by atoms with E-state index in [0.717, 1.165) is 6.07 Å². The number of anilines is 1. The summed E-state index contributed by atoms with van der Waals surface area (Å²) < 4.78 is 38.1. The molecule has 1 fully saturated rings. The van der Waals surface area contributed by atoms with Crippen LogP contribution in [-0.2, 0) is 11.0 Å². The Balaban J connectivity index is 2.04. The standard InChI is InChI=1S/C14H10BrF3N2O/c15-10-5-6-20(13(10)21)9-3-1-8-2-4-12(14(16,17)18)19-11(8)7-9/h1-4,7,10H,5-6H2. The average Bonchev–Trinajstić information content (AvgIpc) is 2.77. The number of halogens is 4. The van der Waals surface area contributed by atoms with Gasteiger partial charge in [-0.15, -0.1) is 0 Å². The summed E-state index contributed by atoms with van der Waals surface area (Å²) in [5.74, 6) is -0.0821. The summed E-state index contributed by atoms with van der Waals surface area (Å²) in [6, 6.07) is 7.26. The first kappa shape index (κ1) is 14.3. The number of amides is 1. The van der Waals surface area contributed by atoms with Crippen LogP contribution < -0.4 is 4.90 Å². The predicted octanol–water partition coefficient (Wildman–Crippen LogP) is 3.75. The van der Waals surface area contributed by atoms with E-state index in [9.17, 15) is 18.0 Å². The molecule has 1 aliphatic heterocycles. The molecule has 1 unspecified atom stereocenters. The van der Waals surface area contributed by atoms with E-state index in [4.69, 9.17) is 0 Å². The van der Waals surface area contributed by atoms with Crippen LogP contribution in [0.3, 0.4) is 0 Å². The van der Waals surface area contributed by atoms with Crippen molar-refractivity contribution in [2.24, 2.45) is 0 Å². The van der Waals surface area contributed by atoms with Crippen molar-refractivity contribution in [2.75, 3.05) is 11.4 Å². The third-order valence-corrected chi connectivity index (χ3v) is 4.27. The summed E-state index contributed by atoms with van der Waals surface area (Å²) >= 11 is 3.27. The van der Waals surface area contributed by atoms with Crippen LogP contribution in [0.2, 0.25) is 0 Å². The van der Waals surface area contributed by atoms with Crippen molar-refractivity contribution in [3.8, 4) is 0 Å². The van der Waals surface area contributed by atoms with Gasteiger partial charge in [-0.3, -0.25) is 4.79 Å². The molecule has 21 heavy (non-hydrogen) atoms. The molecule has 0 bridgehead atoms. The number of aromatic nitrogens is 1. The molecule has 1 atom stereocenters. The lowest BCUT2D eigenvalue weighted by atomic mass is 10.1. The number of benzene rings is 1. The topological polar surface area (TPSA) is 33.2 Å². The Bertz CT molecular complexity index is 717. The molecule has 110 valence electrons. The van der Waals surface area contributed by atoms with E-state index >= 15 is 0 Å². The molecule has 1 aromatic heterocycles. The quantitative estimate of drug-likeness (QED) is 0.727. The second kappa shape index (κ2) is 4.98. The molecule has 1 aliphatic rings. The van der Waals surface area contributed by atoms with Crippen LogP contribution in [0.4, 0.5) is 18.9 Å². The van der Waals surface area contributed by atoms with E-state index in [1.54, 1.807) is 17.0 Å². The number of nitrogens with zero attached hydrogens (tertiary/aromatic N) is 2. The maximum atomic E-state index is 12.7. The SMILES string of the molecule is O=C1C(Br)CCN1c1ccc2ccc(C(F)(F)F)nc2c1. The van der Waals surface area contributed by atoms with Crippen LogP contribution in [0.5, 0.6) is 0 Å². The molecule has 0 N–H and O–H groups in total. The molecule has 0 saturated carbocycles. The van der Waals surface area contributed by atoms with Crippen LogP contribution in [-0.4, -0.2) is 22.3 Å². The fourth-order valence-corrected chi connectivity index (χ4v) is 2.78. The van der Waals surface area contributed by atoms with E-state index in [1.165, 1.54) is 12.1 Å². The van der Waals surface area contributed by atoms with Crippen LogP contribution in [0, 0.1) is 0 Å². The van der Waals surface area contributed by atoms with Crippen molar-refractivity contribution in [1.29, 1.82) is 0 Å². The fraction of sp³-hybridized carbons (Fsp3) is 0.286. The Morgan fingerprint density at radius 2 is 1.95 bits per heavy atom. The zero-order valence-corrected chi connectivity index (χ0v) is 12.3. The van der Waals surface area contributed by atoms with Gasteiger partial charge in [-0.1, -0.05) is 28.1 Å². The van der Waals surface area contributed by atoms with E-state index in [-0.39, 0.29) is 16.3 Å². The van der Waals surface area contributed by atoms with Gasteiger partial charge in [0.1, 0.15) is 5.69 Å². The zero-order chi connectivity index (χ0) is 15.2. The molecular weight excluding hydrogens is 349 g/mol. The zero-order valence-electron chi connectivity index (χ0n) is 10.7. The van der Waals surface area contributed by atoms with Crippen LogP contribution in [0.25, 0.3) is 10.9 Å². The van der Waals surface area contributed by atoms with Gasteiger partial charge in [0.05, 0.1) is 10.3 Å². The molecule has 2 aromatic rings. The lowest BCUT2D eigenvalue weighted by Crippen LogP contribution is -2.26. The average molecular weight is 359 g/mol. The molecule has 7 heteroatoms. The number of carbonyl (C=O) groups excluding carboxylic acids is 1. The fourth-order valence-electron chi connectivity index (χ4n) is 2.33. The van der Waals surface area contributed by atoms with Gasteiger partial charge >= 0.3 is 6.18 Å². The van der Waals surface area contributed by atoms with Gasteiger partial charge < -0.3 is 4.90 Å². The van der Waals surface area contributed by atoms with Crippen LogP contribution >= 0.6 is 15.9 Å². The number of pyridine rings is 1. The van der Waals surface area contributed by atoms with Crippen molar-refractivity contribution in [3.63, 3.8) is 0 Å². The number of hydrogen-bond acceptors (Lipinski definition) is 2. The summed E-state index contributed by atoms with van der Waals surface area (Å²) in [5, 5.41) is 0.605. The first-order valence-corrected chi connectivity index (χ1v) is 7.21. The minimum absolute atomic E-state index is 0.0821. The monoisotopic (exact) mass is 358 g/mol. The van der Waals surface area contributed by atoms with Crippen molar-refractivity contribution in [2.45, 2.75) is 17.4 Å². The minimum atomic E-state index is -4.48. The summed E-state index contributed by atoms with van der Waals surface area (Å²) in [6.45, 7) is 0.541. The van der Waals surface area contributed by atoms with Crippen molar-refractivity contribution < 1.29 is 18.0 Å². The highest BCUT2D eigenvalue weighted by Gasteiger charge is 2.33. The number of alkyl halides is 4. The van der Waals surface area contributed by atoms with Crippen LogP contribution in [0.1, 0.15) is 12.1 Å². The highest BCUT2D eigenvalue weighted by atomic mass is 79.9. The molecule has 0 spiro atoms. The van der Waals surface area contributed by atoms with E-state index in [2.05, 4.69) is 20.9 Å². The number of rotatable bonds is 1. The first-order chi connectivity index (χ1) is 9.86. The van der Waals surface area contributed by atoms with E-state index in [0.29, 0.717) is 24.0 Å². The van der Waals surface area contributed by atoms with Gasteiger partial charge in [0.25, 0.3) is 0 Å². The molecular formula is C14H10BrF3N2O. The summed E-state index contributed by atoms with van der Waals surface area (Å²) in [5.41, 5.74) is -0.132. The third kappa shape index (κ3) is 2.62. The Morgan fingerprint density at radius 3 is 2.57 bits per heavy atom. The summed E-state index contributed by atoms with van der Waals surface area (Å²) in [4.78, 5) is 16.9. The highest BCUT2D eigenvalue weighted by Crippen LogP contribution is 2.31. The Morgan fingerprint density at radius 1 is 1.24 bits per heavy atom. The minimum Gasteiger partial charge on any atom is -0.311 e. The Hall–Kier alpha value is -1.63. The van der Waals surface area contributed by atoms with Crippen molar-refractivity contribution in [3.05, 3.63) is 36.0 Å². The van der Waals surface area contributed by atoms with Gasteiger partial charge in [0.15, 0.2) is 0 Å². The number of fused-ring (bicyclic) bond motifs is 1. The van der Waals surface area contributed by atoms with Gasteiger partial charge in [0.2, 0.25) is 5.91 Å². The molecule has 3 rings (SSSR count). The third-order valence-electron chi connectivity index (χ3n) is 3.42. The normalized spacial score (nSPS) is 19.5. The summed E-state index contributed by atoms with van der Waals surface area (Å²) in [7, 11) is 0. The number of carbonyl (C=O) groups is 1. The Kier molecular flexibility index (Phi) is 3.39. The molecule has 1 saturated heterocycles. The maximum absolute atomic E-state index is 12.7. The lowest BCUT2D eigenvalue weighted by Gasteiger charge is -2.16. The molecule has 1 amide bonds. The second-order valence-electron chi connectivity index (χ2n) is 4.82. The lowest BCUT2D eigenvalue weighted by molar-refractivity contribution is -0.141. The summed E-state index contributed by atoms with van der Waals surface area (Å²) in [6.07, 6.45) is -3.80. The van der Waals surface area contributed by atoms with E-state index < -0.39 is 11.9 Å². The van der Waals surface area contributed by atoms with Crippen molar-refractivity contribution >= 4 is 38.4 Å². The van der Waals surface area contributed by atoms with Gasteiger partial charge in [-0.05, 0) is 24.6 Å². The highest BCUT2D eigenvalue weighted by molar-refractivity contribution is 9.10. The molecule has 1 aromatic carbocycles. The van der Waals surface area contributed by atoms with Gasteiger partial charge in [0, 0.05) is 17.6 Å². The number of hydrogen-bond donors (Lipinski definition) is 0. The maximum Gasteiger partial charge on any atom is 0.433 e. The molecule has 3 nitrogen and oxygen atoms in total. The first-order valence-electron chi connectivity index (χ1n) is 6.30. The smallest absolute Gasteiger partial charge is 0.311 e. The van der Waals surface area contributed by atoms with Gasteiger partial charge in [-0.25, -0.2) is 4.98 Å². The predicted molar refractivity (Wildman–Crippen MR) is 76.4 cm³/mol. The molecule has 0 aliphatic carbocycles. The Labute approximate surface area is 126 Å². The molecule has 2 heterocycles. The van der Waals surface area contributed by atoms with Gasteiger partial charge in [-0.2, -0.15) is 13.2 Å². The van der Waals surface area contributed by atoms with Crippen molar-refractivity contribution in [1.82, 2.24) is 4.98 Å². The van der Waals surface area contributed by atoms with Crippen LogP contribution in [0.15, 0.2) is 30.3 Å².